The van der Waals surface area contributed by atoms with E-state index in [1.807, 2.05) is 17.4 Å². The number of thiophene rings is 1. The highest BCUT2D eigenvalue weighted by molar-refractivity contribution is 7.26. The zero-order valence-corrected chi connectivity index (χ0v) is 35.2. The zero-order chi connectivity index (χ0) is 41.7. The highest BCUT2D eigenvalue weighted by Gasteiger charge is 2.21. The van der Waals surface area contributed by atoms with Crippen molar-refractivity contribution in [2.45, 2.75) is 25.7 Å². The molecule has 10 aromatic rings. The van der Waals surface area contributed by atoms with E-state index in [-0.39, 0.29) is 0 Å². The number of hydrogen-bond acceptors (Lipinski definition) is 6. The number of rotatable bonds is 7. The van der Waals surface area contributed by atoms with Crippen LogP contribution in [0.4, 0.5) is 0 Å². The fourth-order valence-corrected chi connectivity index (χ4v) is 10.3. The minimum atomic E-state index is 0.620. The van der Waals surface area contributed by atoms with E-state index in [0.29, 0.717) is 17.5 Å². The third-order valence-electron chi connectivity index (χ3n) is 12.2. The first-order valence-corrected chi connectivity index (χ1v) is 22.4. The molecule has 0 aliphatic heterocycles. The van der Waals surface area contributed by atoms with Gasteiger partial charge in [-0.3, -0.25) is 0 Å². The monoisotopic (exact) mass is 825 g/mol. The SMILES string of the molecule is C1=CC(c2ccc3ccc4ccc(-c5cc(-c6nc(C7=CCCC=C7)nc(-c7ccc(-c8ccccc8)cc7)n6)cc6c5sc5c(-c7ccccc7)cccc56)nc4c3n2)=CCC1. The van der Waals surface area contributed by atoms with E-state index in [4.69, 9.17) is 24.9 Å². The average Bonchev–Trinajstić information content (AvgIpc) is 3.76. The van der Waals surface area contributed by atoms with E-state index >= 15 is 0 Å². The van der Waals surface area contributed by atoms with Crippen molar-refractivity contribution in [2.75, 3.05) is 0 Å². The van der Waals surface area contributed by atoms with Crippen molar-refractivity contribution in [2.24, 2.45) is 0 Å². The van der Waals surface area contributed by atoms with E-state index in [1.165, 1.54) is 31.5 Å². The third-order valence-corrected chi connectivity index (χ3v) is 13.5. The van der Waals surface area contributed by atoms with Crippen LogP contribution in [0.15, 0.2) is 188 Å². The van der Waals surface area contributed by atoms with Gasteiger partial charge in [-0.05, 0) is 77.8 Å². The van der Waals surface area contributed by atoms with Crippen LogP contribution in [0.5, 0.6) is 0 Å². The Morgan fingerprint density at radius 3 is 1.63 bits per heavy atom. The second kappa shape index (κ2) is 15.7. The fraction of sp³-hybridized carbons (Fsp3) is 0.0702. The van der Waals surface area contributed by atoms with Gasteiger partial charge in [0.25, 0.3) is 0 Å². The number of aromatic nitrogens is 5. The highest BCUT2D eigenvalue weighted by Crippen LogP contribution is 2.46. The molecule has 4 aromatic heterocycles. The molecule has 2 aliphatic carbocycles. The molecule has 0 spiro atoms. The van der Waals surface area contributed by atoms with E-state index in [1.54, 1.807) is 0 Å². The number of pyridine rings is 2. The fourth-order valence-electron chi connectivity index (χ4n) is 8.93. The van der Waals surface area contributed by atoms with E-state index in [0.717, 1.165) is 97.7 Å². The lowest BCUT2D eigenvalue weighted by atomic mass is 9.98. The molecular weight excluding hydrogens is 787 g/mol. The van der Waals surface area contributed by atoms with E-state index in [9.17, 15) is 0 Å². The molecule has 5 nitrogen and oxygen atoms in total. The maximum absolute atomic E-state index is 5.52. The summed E-state index contributed by atoms with van der Waals surface area (Å²) in [6.07, 6.45) is 17.3. The largest absolute Gasteiger partial charge is 0.246 e. The number of hydrogen-bond donors (Lipinski definition) is 0. The molecule has 0 unspecified atom stereocenters. The predicted molar refractivity (Wildman–Crippen MR) is 263 cm³/mol. The number of benzene rings is 6. The molecule has 0 amide bonds. The quantitative estimate of drug-likeness (QED) is 0.150. The molecule has 0 fully saturated rings. The number of nitrogens with zero attached hydrogens (tertiary/aromatic N) is 5. The normalized spacial score (nSPS) is 13.8. The van der Waals surface area contributed by atoms with Crippen molar-refractivity contribution in [3.63, 3.8) is 0 Å². The average molecular weight is 826 g/mol. The molecule has 0 N–H and O–H groups in total. The lowest BCUT2D eigenvalue weighted by Gasteiger charge is -2.13. The molecule has 0 saturated carbocycles. The first kappa shape index (κ1) is 37.1. The Morgan fingerprint density at radius 1 is 0.365 bits per heavy atom. The van der Waals surface area contributed by atoms with Gasteiger partial charge in [-0.15, -0.1) is 11.3 Å². The van der Waals surface area contributed by atoms with Gasteiger partial charge in [0.2, 0.25) is 0 Å². The molecule has 0 radical (unpaired) electrons. The van der Waals surface area contributed by atoms with Crippen LogP contribution in [0.3, 0.4) is 0 Å². The summed E-state index contributed by atoms with van der Waals surface area (Å²) in [6.45, 7) is 0. The summed E-state index contributed by atoms with van der Waals surface area (Å²) in [4.78, 5) is 26.4. The molecule has 6 heteroatoms. The number of fused-ring (bicyclic) bond motifs is 6. The topological polar surface area (TPSA) is 64.5 Å². The molecule has 12 rings (SSSR count). The van der Waals surface area contributed by atoms with Crippen molar-refractivity contribution in [3.05, 3.63) is 200 Å². The summed E-state index contributed by atoms with van der Waals surface area (Å²) < 4.78 is 2.40. The molecule has 63 heavy (non-hydrogen) atoms. The summed E-state index contributed by atoms with van der Waals surface area (Å²) in [6, 6.07) is 53.8. The Balaban J connectivity index is 1.09. The van der Waals surface area contributed by atoms with Gasteiger partial charge in [-0.25, -0.2) is 24.9 Å². The predicted octanol–water partition coefficient (Wildman–Crippen LogP) is 15.1. The van der Waals surface area contributed by atoms with Gasteiger partial charge in [0.15, 0.2) is 17.5 Å². The lowest BCUT2D eigenvalue weighted by Crippen LogP contribution is -2.03. The van der Waals surface area contributed by atoms with Crippen LogP contribution < -0.4 is 0 Å². The Hall–Kier alpha value is -7.67. The van der Waals surface area contributed by atoms with Crippen molar-refractivity contribution in [1.29, 1.82) is 0 Å². The highest BCUT2D eigenvalue weighted by atomic mass is 32.1. The summed E-state index contributed by atoms with van der Waals surface area (Å²) in [5, 5.41) is 4.45. The molecule has 0 bridgehead atoms. The van der Waals surface area contributed by atoms with Crippen molar-refractivity contribution < 1.29 is 0 Å². The van der Waals surface area contributed by atoms with Gasteiger partial charge in [0.1, 0.15) is 0 Å². The van der Waals surface area contributed by atoms with Crippen LogP contribution in [0.25, 0.3) is 109 Å². The Kier molecular flexibility index (Phi) is 9.23. The second-order valence-corrected chi connectivity index (χ2v) is 17.2. The van der Waals surface area contributed by atoms with Crippen molar-refractivity contribution >= 4 is 64.5 Å². The van der Waals surface area contributed by atoms with Gasteiger partial charge in [0, 0.05) is 53.2 Å². The van der Waals surface area contributed by atoms with E-state index in [2.05, 4.69) is 182 Å². The summed E-state index contributed by atoms with van der Waals surface area (Å²) >= 11 is 1.82. The van der Waals surface area contributed by atoms with Crippen LogP contribution in [-0.4, -0.2) is 24.9 Å². The van der Waals surface area contributed by atoms with Gasteiger partial charge >= 0.3 is 0 Å². The molecule has 4 heterocycles. The van der Waals surface area contributed by atoms with Crippen LogP contribution in [0, 0.1) is 0 Å². The summed E-state index contributed by atoms with van der Waals surface area (Å²) in [5.41, 5.74) is 13.4. The minimum Gasteiger partial charge on any atom is -0.246 e. The lowest BCUT2D eigenvalue weighted by molar-refractivity contribution is 1.01. The van der Waals surface area contributed by atoms with Gasteiger partial charge in [-0.2, -0.15) is 0 Å². The Bertz CT molecular complexity index is 3540. The van der Waals surface area contributed by atoms with Crippen LogP contribution in [-0.2, 0) is 0 Å². The van der Waals surface area contributed by atoms with E-state index < -0.39 is 0 Å². The maximum atomic E-state index is 5.52. The van der Waals surface area contributed by atoms with Crippen LogP contribution in [0.2, 0.25) is 0 Å². The molecule has 0 atom stereocenters. The smallest absolute Gasteiger partial charge is 0.164 e. The molecule has 0 saturated heterocycles. The van der Waals surface area contributed by atoms with Crippen LogP contribution >= 0.6 is 11.3 Å². The standard InChI is InChI=1S/C57H39N5S/c1-5-14-36(15-6-1)37-24-28-43(29-25-37)56-60-55(42-20-11-4-12-21-42)61-57(62-56)44-34-47-46-23-13-22-45(38-16-7-2-8-17-38)53(46)63-54(47)48(35-44)50-33-31-41-27-26-40-30-32-49(39-18-9-3-10-19-39)58-51(40)52(41)59-50/h1-2,5-9,11,13-35H,3-4,10,12H2. The second-order valence-electron chi connectivity index (χ2n) is 16.2. The van der Waals surface area contributed by atoms with Crippen LogP contribution in [0.1, 0.15) is 37.2 Å². The molecule has 298 valence electrons. The zero-order valence-electron chi connectivity index (χ0n) is 34.4. The molecule has 2 aliphatic rings. The van der Waals surface area contributed by atoms with Crippen molar-refractivity contribution in [3.8, 4) is 56.3 Å². The molecule has 6 aromatic carbocycles. The first-order valence-electron chi connectivity index (χ1n) is 21.6. The minimum absolute atomic E-state index is 0.620. The Labute approximate surface area is 369 Å². The van der Waals surface area contributed by atoms with Crippen molar-refractivity contribution in [1.82, 2.24) is 24.9 Å². The third kappa shape index (κ3) is 6.85. The molecular formula is C57H39N5S. The van der Waals surface area contributed by atoms with Gasteiger partial charge in [-0.1, -0.05) is 164 Å². The number of allylic oxidation sites excluding steroid dienone is 8. The van der Waals surface area contributed by atoms with Gasteiger partial charge < -0.3 is 0 Å². The Morgan fingerprint density at radius 2 is 0.937 bits per heavy atom. The summed E-state index contributed by atoms with van der Waals surface area (Å²) in [7, 11) is 0. The maximum Gasteiger partial charge on any atom is 0.164 e. The van der Waals surface area contributed by atoms with Gasteiger partial charge in [0.05, 0.1) is 22.4 Å². The summed E-state index contributed by atoms with van der Waals surface area (Å²) in [5.74, 6) is 1.93. The first-order chi connectivity index (χ1) is 31.2.